The zero-order valence-corrected chi connectivity index (χ0v) is 12.0. The van der Waals surface area contributed by atoms with Crippen molar-refractivity contribution >= 4 is 40.8 Å². The van der Waals surface area contributed by atoms with E-state index in [1.165, 1.54) is 12.1 Å². The average molecular weight is 309 g/mol. The Bertz CT molecular complexity index is 700. The summed E-state index contributed by atoms with van der Waals surface area (Å²) in [5, 5.41) is 11.5. The molecule has 6 heteroatoms. The molecule has 2 rings (SSSR count). The second-order valence-corrected chi connectivity index (χ2v) is 4.92. The van der Waals surface area contributed by atoms with Crippen molar-refractivity contribution in [3.05, 3.63) is 67.7 Å². The number of rotatable bonds is 3. The lowest BCUT2D eigenvalue weighted by Gasteiger charge is -2.02. The molecule has 0 fully saturated rings. The Hall–Kier alpha value is -1.91. The Morgan fingerprint density at radius 1 is 1.20 bits per heavy atom. The van der Waals surface area contributed by atoms with Gasteiger partial charge in [-0.2, -0.15) is 0 Å². The van der Waals surface area contributed by atoms with E-state index in [2.05, 4.69) is 4.99 Å². The first-order valence-electron chi connectivity index (χ1n) is 5.72. The van der Waals surface area contributed by atoms with Gasteiger partial charge < -0.3 is 0 Å². The normalized spacial score (nSPS) is 10.9. The van der Waals surface area contributed by atoms with E-state index in [1.807, 2.05) is 13.0 Å². The molecule has 0 bridgehead atoms. The number of hydrogen-bond donors (Lipinski definition) is 0. The monoisotopic (exact) mass is 308 g/mol. The predicted molar refractivity (Wildman–Crippen MR) is 81.5 cm³/mol. The van der Waals surface area contributed by atoms with Gasteiger partial charge in [0.15, 0.2) is 0 Å². The Kier molecular flexibility index (Phi) is 4.37. The largest absolute Gasteiger partial charge is 0.288 e. The van der Waals surface area contributed by atoms with Gasteiger partial charge in [0.1, 0.15) is 5.02 Å². The Morgan fingerprint density at radius 3 is 2.65 bits per heavy atom. The van der Waals surface area contributed by atoms with Crippen LogP contribution in [0.3, 0.4) is 0 Å². The molecule has 0 aromatic heterocycles. The zero-order valence-electron chi connectivity index (χ0n) is 10.5. The van der Waals surface area contributed by atoms with Crippen LogP contribution in [0.1, 0.15) is 11.1 Å². The second-order valence-electron chi connectivity index (χ2n) is 4.11. The molecule has 0 radical (unpaired) electrons. The minimum atomic E-state index is -0.524. The number of hydrogen-bond acceptors (Lipinski definition) is 3. The summed E-state index contributed by atoms with van der Waals surface area (Å²) in [5.41, 5.74) is 2.03. The molecule has 0 aliphatic heterocycles. The molecule has 0 aliphatic rings. The van der Waals surface area contributed by atoms with Crippen LogP contribution < -0.4 is 0 Å². The van der Waals surface area contributed by atoms with Crippen molar-refractivity contribution in [2.45, 2.75) is 6.92 Å². The first kappa shape index (κ1) is 14.5. The molecule has 2 aromatic rings. The molecule has 0 atom stereocenters. The van der Waals surface area contributed by atoms with Crippen molar-refractivity contribution in [2.24, 2.45) is 4.99 Å². The lowest BCUT2D eigenvalue weighted by Crippen LogP contribution is -1.91. The summed E-state index contributed by atoms with van der Waals surface area (Å²) in [6.45, 7) is 1.86. The van der Waals surface area contributed by atoms with E-state index in [0.29, 0.717) is 10.6 Å². The topological polar surface area (TPSA) is 55.5 Å². The number of benzene rings is 2. The fraction of sp³-hybridized carbons (Fsp3) is 0.0714. The summed E-state index contributed by atoms with van der Waals surface area (Å²) in [6.07, 6.45) is 1.54. The maximum Gasteiger partial charge on any atom is 0.288 e. The predicted octanol–water partition coefficient (Wildman–Crippen LogP) is 4.96. The summed E-state index contributed by atoms with van der Waals surface area (Å²) < 4.78 is 0. The van der Waals surface area contributed by atoms with E-state index in [9.17, 15) is 10.1 Å². The molecule has 0 saturated carbocycles. The van der Waals surface area contributed by atoms with E-state index in [4.69, 9.17) is 23.2 Å². The molecule has 0 N–H and O–H groups in total. The number of halogens is 2. The molecule has 2 aromatic carbocycles. The Labute approximate surface area is 125 Å². The minimum Gasteiger partial charge on any atom is -0.258 e. The molecule has 0 amide bonds. The molecule has 0 spiro atoms. The standard InChI is InChI=1S/C14H10Cl2N2O2/c1-9-11(15)3-2-4-13(9)17-8-10-5-6-12(16)14(7-10)18(19)20/h2-8H,1H3. The van der Waals surface area contributed by atoms with Gasteiger partial charge in [0.25, 0.3) is 5.69 Å². The van der Waals surface area contributed by atoms with Crippen molar-refractivity contribution in [2.75, 3.05) is 0 Å². The molecule has 102 valence electrons. The lowest BCUT2D eigenvalue weighted by molar-refractivity contribution is -0.384. The van der Waals surface area contributed by atoms with E-state index in [1.54, 1.807) is 24.4 Å². The summed E-state index contributed by atoms with van der Waals surface area (Å²) in [5.74, 6) is 0. The highest BCUT2D eigenvalue weighted by molar-refractivity contribution is 6.32. The van der Waals surface area contributed by atoms with Gasteiger partial charge >= 0.3 is 0 Å². The fourth-order valence-corrected chi connectivity index (χ4v) is 1.99. The molecule has 20 heavy (non-hydrogen) atoms. The summed E-state index contributed by atoms with van der Waals surface area (Å²) in [7, 11) is 0. The van der Waals surface area contributed by atoms with E-state index in [0.717, 1.165) is 11.3 Å². The van der Waals surface area contributed by atoms with Crippen LogP contribution in [0.25, 0.3) is 0 Å². The molecule has 0 saturated heterocycles. The van der Waals surface area contributed by atoms with E-state index < -0.39 is 4.92 Å². The molecular formula is C14H10Cl2N2O2. The van der Waals surface area contributed by atoms with Crippen LogP contribution in [-0.4, -0.2) is 11.1 Å². The maximum atomic E-state index is 10.8. The molecular weight excluding hydrogens is 299 g/mol. The van der Waals surface area contributed by atoms with Gasteiger partial charge in [-0.3, -0.25) is 15.1 Å². The summed E-state index contributed by atoms with van der Waals surface area (Å²) >= 11 is 11.8. The van der Waals surface area contributed by atoms with Crippen LogP contribution in [0.5, 0.6) is 0 Å². The minimum absolute atomic E-state index is 0.103. The van der Waals surface area contributed by atoms with Gasteiger partial charge in [0.2, 0.25) is 0 Å². The molecule has 0 unspecified atom stereocenters. The molecule has 4 nitrogen and oxygen atoms in total. The number of aliphatic imine (C=N–C) groups is 1. The summed E-state index contributed by atoms with van der Waals surface area (Å²) in [4.78, 5) is 14.6. The highest BCUT2D eigenvalue weighted by Crippen LogP contribution is 2.27. The van der Waals surface area contributed by atoms with Crippen molar-refractivity contribution in [3.8, 4) is 0 Å². The van der Waals surface area contributed by atoms with Crippen molar-refractivity contribution in [1.82, 2.24) is 0 Å². The smallest absolute Gasteiger partial charge is 0.258 e. The quantitative estimate of drug-likeness (QED) is 0.457. The second kappa shape index (κ2) is 6.03. The first-order chi connectivity index (χ1) is 9.49. The first-order valence-corrected chi connectivity index (χ1v) is 6.48. The van der Waals surface area contributed by atoms with Gasteiger partial charge in [0, 0.05) is 17.3 Å². The van der Waals surface area contributed by atoms with Crippen LogP contribution in [0.2, 0.25) is 10.0 Å². The van der Waals surface area contributed by atoms with E-state index >= 15 is 0 Å². The zero-order chi connectivity index (χ0) is 14.7. The van der Waals surface area contributed by atoms with Crippen LogP contribution in [0.15, 0.2) is 41.4 Å². The SMILES string of the molecule is Cc1c(Cl)cccc1N=Cc1ccc(Cl)c([N+](=O)[O-])c1. The van der Waals surface area contributed by atoms with Crippen LogP contribution in [0, 0.1) is 17.0 Å². The third-order valence-corrected chi connectivity index (χ3v) is 3.49. The van der Waals surface area contributed by atoms with Crippen LogP contribution in [-0.2, 0) is 0 Å². The fourth-order valence-electron chi connectivity index (χ4n) is 1.63. The van der Waals surface area contributed by atoms with Gasteiger partial charge in [-0.25, -0.2) is 0 Å². The van der Waals surface area contributed by atoms with Gasteiger partial charge in [-0.15, -0.1) is 0 Å². The lowest BCUT2D eigenvalue weighted by atomic mass is 10.2. The van der Waals surface area contributed by atoms with Crippen LogP contribution >= 0.6 is 23.2 Å². The number of nitro groups is 1. The third-order valence-electron chi connectivity index (χ3n) is 2.76. The Morgan fingerprint density at radius 2 is 1.95 bits per heavy atom. The van der Waals surface area contributed by atoms with Gasteiger partial charge in [0.05, 0.1) is 10.6 Å². The maximum absolute atomic E-state index is 10.8. The number of nitro benzene ring substituents is 1. The third kappa shape index (κ3) is 3.15. The van der Waals surface area contributed by atoms with Crippen molar-refractivity contribution < 1.29 is 4.92 Å². The van der Waals surface area contributed by atoms with Gasteiger partial charge in [-0.1, -0.05) is 35.3 Å². The van der Waals surface area contributed by atoms with Crippen LogP contribution in [0.4, 0.5) is 11.4 Å². The highest BCUT2D eigenvalue weighted by Gasteiger charge is 2.11. The van der Waals surface area contributed by atoms with Crippen molar-refractivity contribution in [1.29, 1.82) is 0 Å². The Balaban J connectivity index is 2.34. The highest BCUT2D eigenvalue weighted by atomic mass is 35.5. The average Bonchev–Trinajstić information content (AvgIpc) is 2.41. The molecule has 0 aliphatic carbocycles. The van der Waals surface area contributed by atoms with Gasteiger partial charge in [-0.05, 0) is 36.2 Å². The number of nitrogens with zero attached hydrogens (tertiary/aromatic N) is 2. The van der Waals surface area contributed by atoms with E-state index in [-0.39, 0.29) is 10.7 Å². The molecule has 0 heterocycles. The summed E-state index contributed by atoms with van der Waals surface area (Å²) in [6, 6.07) is 9.92. The van der Waals surface area contributed by atoms with Crippen molar-refractivity contribution in [3.63, 3.8) is 0 Å².